The lowest BCUT2D eigenvalue weighted by atomic mass is 9.94. The van der Waals surface area contributed by atoms with Gasteiger partial charge in [0.25, 0.3) is 0 Å². The van der Waals surface area contributed by atoms with Gasteiger partial charge in [0.05, 0.1) is 12.8 Å². The van der Waals surface area contributed by atoms with Crippen molar-refractivity contribution in [1.29, 1.82) is 0 Å². The molecule has 1 aliphatic heterocycles. The highest BCUT2D eigenvalue weighted by molar-refractivity contribution is 7.88. The van der Waals surface area contributed by atoms with Gasteiger partial charge in [0.15, 0.2) is 5.82 Å². The van der Waals surface area contributed by atoms with Gasteiger partial charge in [0.2, 0.25) is 15.9 Å². The fourth-order valence-electron chi connectivity index (χ4n) is 3.81. The second-order valence-electron chi connectivity index (χ2n) is 7.19. The zero-order chi connectivity index (χ0) is 17.2. The summed E-state index contributed by atoms with van der Waals surface area (Å²) in [4.78, 5) is 6.89. The molecule has 0 unspecified atom stereocenters. The molecule has 1 saturated carbocycles. The van der Waals surface area contributed by atoms with Crippen molar-refractivity contribution < 1.29 is 12.9 Å². The van der Waals surface area contributed by atoms with Gasteiger partial charge in [-0.2, -0.15) is 4.98 Å². The number of rotatable bonds is 5. The van der Waals surface area contributed by atoms with E-state index >= 15 is 0 Å². The van der Waals surface area contributed by atoms with Crippen LogP contribution in [-0.4, -0.2) is 60.2 Å². The topological polar surface area (TPSA) is 79.5 Å². The van der Waals surface area contributed by atoms with E-state index in [1.54, 1.807) is 0 Å². The van der Waals surface area contributed by atoms with E-state index in [1.165, 1.54) is 42.7 Å². The van der Waals surface area contributed by atoms with Gasteiger partial charge < -0.3 is 4.52 Å². The van der Waals surface area contributed by atoms with Crippen LogP contribution in [0.1, 0.15) is 62.6 Å². The molecule has 24 heavy (non-hydrogen) atoms. The molecule has 136 valence electrons. The number of hydrogen-bond donors (Lipinski definition) is 0. The molecule has 0 amide bonds. The third-order valence-electron chi connectivity index (χ3n) is 5.35. The average molecular weight is 356 g/mol. The molecule has 8 heteroatoms. The molecule has 2 fully saturated rings. The maximum Gasteiger partial charge on any atom is 0.240 e. The van der Waals surface area contributed by atoms with E-state index in [2.05, 4.69) is 22.1 Å². The molecule has 0 radical (unpaired) electrons. The van der Waals surface area contributed by atoms with Gasteiger partial charge in [-0.1, -0.05) is 24.4 Å². The van der Waals surface area contributed by atoms with E-state index < -0.39 is 10.0 Å². The zero-order valence-electron chi connectivity index (χ0n) is 14.6. The van der Waals surface area contributed by atoms with Crippen LogP contribution in [0.4, 0.5) is 0 Å². The van der Waals surface area contributed by atoms with Crippen LogP contribution in [-0.2, 0) is 16.6 Å². The quantitative estimate of drug-likeness (QED) is 0.802. The molecular formula is C16H28N4O3S. The van der Waals surface area contributed by atoms with Crippen LogP contribution >= 0.6 is 0 Å². The van der Waals surface area contributed by atoms with E-state index in [9.17, 15) is 8.42 Å². The first kappa shape index (κ1) is 17.8. The predicted octanol–water partition coefficient (Wildman–Crippen LogP) is 1.97. The third kappa shape index (κ3) is 4.34. The Kier molecular flexibility index (Phi) is 5.56. The number of nitrogens with zero attached hydrogens (tertiary/aromatic N) is 4. The molecule has 2 heterocycles. The molecule has 1 aromatic rings. The lowest BCUT2D eigenvalue weighted by Crippen LogP contribution is -2.37. The Hall–Kier alpha value is -0.990. The van der Waals surface area contributed by atoms with Crippen LogP contribution in [0.3, 0.4) is 0 Å². The highest BCUT2D eigenvalue weighted by Gasteiger charge is 2.29. The van der Waals surface area contributed by atoms with E-state index in [4.69, 9.17) is 4.52 Å². The SMILES string of the molecule is CN(Cc1nc(C2CCN(S(C)(=O)=O)CC2)no1)C1CCCCC1. The van der Waals surface area contributed by atoms with Gasteiger partial charge in [-0.3, -0.25) is 4.90 Å². The lowest BCUT2D eigenvalue weighted by molar-refractivity contribution is 0.165. The van der Waals surface area contributed by atoms with Crippen molar-refractivity contribution in [2.75, 3.05) is 26.4 Å². The Morgan fingerprint density at radius 3 is 2.46 bits per heavy atom. The van der Waals surface area contributed by atoms with E-state index in [-0.39, 0.29) is 5.92 Å². The molecule has 0 atom stereocenters. The molecule has 0 aromatic carbocycles. The molecule has 0 bridgehead atoms. The molecule has 3 rings (SSSR count). The van der Waals surface area contributed by atoms with Crippen LogP contribution in [0, 0.1) is 0 Å². The summed E-state index contributed by atoms with van der Waals surface area (Å²) in [7, 11) is -0.963. The van der Waals surface area contributed by atoms with Crippen LogP contribution in [0.5, 0.6) is 0 Å². The Balaban J connectivity index is 1.54. The number of piperidine rings is 1. The second kappa shape index (κ2) is 7.49. The first-order chi connectivity index (χ1) is 11.4. The zero-order valence-corrected chi connectivity index (χ0v) is 15.5. The summed E-state index contributed by atoms with van der Waals surface area (Å²) in [6, 6.07) is 0.618. The Labute approximate surface area is 144 Å². The van der Waals surface area contributed by atoms with Gasteiger partial charge >= 0.3 is 0 Å². The summed E-state index contributed by atoms with van der Waals surface area (Å²) in [6.45, 7) is 1.77. The third-order valence-corrected chi connectivity index (χ3v) is 6.66. The number of aromatic nitrogens is 2. The molecule has 7 nitrogen and oxygen atoms in total. The molecule has 0 spiro atoms. The second-order valence-corrected chi connectivity index (χ2v) is 9.17. The van der Waals surface area contributed by atoms with Gasteiger partial charge in [-0.25, -0.2) is 12.7 Å². The van der Waals surface area contributed by atoms with Gasteiger partial charge in [-0.15, -0.1) is 0 Å². The van der Waals surface area contributed by atoms with Crippen LogP contribution < -0.4 is 0 Å². The fraction of sp³-hybridized carbons (Fsp3) is 0.875. The van der Waals surface area contributed by atoms with Crippen molar-refractivity contribution in [2.45, 2.75) is 63.5 Å². The molecule has 1 saturated heterocycles. The smallest absolute Gasteiger partial charge is 0.240 e. The Morgan fingerprint density at radius 2 is 1.83 bits per heavy atom. The summed E-state index contributed by atoms with van der Waals surface area (Å²) < 4.78 is 30.1. The highest BCUT2D eigenvalue weighted by atomic mass is 32.2. The maximum absolute atomic E-state index is 11.6. The van der Waals surface area contributed by atoms with E-state index in [1.807, 2.05) is 0 Å². The first-order valence-corrected chi connectivity index (χ1v) is 10.8. The Bertz CT molecular complexity index is 632. The molecule has 0 N–H and O–H groups in total. The molecule has 1 aliphatic carbocycles. The van der Waals surface area contributed by atoms with E-state index in [0.717, 1.165) is 18.7 Å². The number of hydrogen-bond acceptors (Lipinski definition) is 6. The summed E-state index contributed by atoms with van der Waals surface area (Å²) in [6.07, 6.45) is 9.24. The maximum atomic E-state index is 11.6. The number of sulfonamides is 1. The van der Waals surface area contributed by atoms with Crippen LogP contribution in [0.25, 0.3) is 0 Å². The minimum absolute atomic E-state index is 0.195. The first-order valence-electron chi connectivity index (χ1n) is 8.91. The fourth-order valence-corrected chi connectivity index (χ4v) is 4.68. The minimum atomic E-state index is -3.09. The summed E-state index contributed by atoms with van der Waals surface area (Å²) in [5.41, 5.74) is 0. The average Bonchev–Trinajstić information content (AvgIpc) is 3.03. The summed E-state index contributed by atoms with van der Waals surface area (Å²) in [5.74, 6) is 1.60. The minimum Gasteiger partial charge on any atom is -0.338 e. The van der Waals surface area contributed by atoms with Crippen molar-refractivity contribution in [3.63, 3.8) is 0 Å². The van der Waals surface area contributed by atoms with Crippen molar-refractivity contribution in [2.24, 2.45) is 0 Å². The predicted molar refractivity (Wildman–Crippen MR) is 91.0 cm³/mol. The van der Waals surface area contributed by atoms with Gasteiger partial charge in [-0.05, 0) is 32.7 Å². The van der Waals surface area contributed by atoms with Crippen molar-refractivity contribution >= 4 is 10.0 Å². The Morgan fingerprint density at radius 1 is 1.17 bits per heavy atom. The van der Waals surface area contributed by atoms with E-state index in [0.29, 0.717) is 31.6 Å². The standard InChI is InChI=1S/C16H28N4O3S/c1-19(14-6-4-3-5-7-14)12-15-17-16(18-23-15)13-8-10-20(11-9-13)24(2,21)22/h13-14H,3-12H2,1-2H3. The lowest BCUT2D eigenvalue weighted by Gasteiger charge is -2.30. The van der Waals surface area contributed by atoms with Crippen molar-refractivity contribution in [1.82, 2.24) is 19.3 Å². The monoisotopic (exact) mass is 356 g/mol. The summed E-state index contributed by atoms with van der Waals surface area (Å²) in [5, 5.41) is 4.14. The van der Waals surface area contributed by atoms with Crippen molar-refractivity contribution in [3.8, 4) is 0 Å². The normalized spacial score (nSPS) is 22.3. The van der Waals surface area contributed by atoms with Gasteiger partial charge in [0, 0.05) is 25.0 Å². The highest BCUT2D eigenvalue weighted by Crippen LogP contribution is 2.27. The molecule has 1 aromatic heterocycles. The molecular weight excluding hydrogens is 328 g/mol. The largest absolute Gasteiger partial charge is 0.338 e. The summed E-state index contributed by atoms with van der Waals surface area (Å²) >= 11 is 0. The van der Waals surface area contributed by atoms with Crippen molar-refractivity contribution in [3.05, 3.63) is 11.7 Å². The molecule has 2 aliphatic rings. The van der Waals surface area contributed by atoms with Crippen LogP contribution in [0.15, 0.2) is 4.52 Å². The van der Waals surface area contributed by atoms with Crippen LogP contribution in [0.2, 0.25) is 0 Å². The van der Waals surface area contributed by atoms with Gasteiger partial charge in [0.1, 0.15) is 0 Å².